The van der Waals surface area contributed by atoms with Gasteiger partial charge in [-0.25, -0.2) is 5.43 Å². The number of nitro groups is 1. The molecule has 9 heteroatoms. The Hall–Kier alpha value is -2.68. The molecule has 23 heavy (non-hydrogen) atoms. The zero-order chi connectivity index (χ0) is 16.8. The number of aryl methyl sites for hydroxylation is 1. The number of rotatable bonds is 6. The molecule has 1 aromatic heterocycles. The number of furan rings is 1. The summed E-state index contributed by atoms with van der Waals surface area (Å²) in [6, 6.07) is 8.04. The molecule has 0 saturated carbocycles. The van der Waals surface area contributed by atoms with Gasteiger partial charge in [0.05, 0.1) is 16.8 Å². The van der Waals surface area contributed by atoms with Gasteiger partial charge in [0.25, 0.3) is 5.91 Å². The van der Waals surface area contributed by atoms with E-state index < -0.39 is 16.7 Å². The maximum absolute atomic E-state index is 11.6. The van der Waals surface area contributed by atoms with Gasteiger partial charge in [-0.2, -0.15) is 5.10 Å². The van der Waals surface area contributed by atoms with Crippen LogP contribution in [0, 0.1) is 17.0 Å². The molecule has 0 aliphatic carbocycles. The maximum Gasteiger partial charge on any atom is 0.433 e. The number of halogens is 1. The van der Waals surface area contributed by atoms with Gasteiger partial charge in [-0.05, 0) is 46.6 Å². The van der Waals surface area contributed by atoms with Crippen LogP contribution in [0.5, 0.6) is 5.75 Å². The quantitative estimate of drug-likeness (QED) is 0.470. The Bertz CT molecular complexity index is 757. The van der Waals surface area contributed by atoms with E-state index in [0.29, 0.717) is 5.75 Å². The summed E-state index contributed by atoms with van der Waals surface area (Å²) >= 11 is 3.34. The smallest absolute Gasteiger partial charge is 0.433 e. The SMILES string of the molecule is Cc1ccc(OCC(=O)N/N=C\c2ccc([N+](=O)[O-])o2)c(Br)c1. The summed E-state index contributed by atoms with van der Waals surface area (Å²) in [4.78, 5) is 21.4. The molecule has 0 bridgehead atoms. The predicted molar refractivity (Wildman–Crippen MR) is 85.5 cm³/mol. The minimum Gasteiger partial charge on any atom is -0.483 e. The lowest BCUT2D eigenvalue weighted by Crippen LogP contribution is -2.24. The van der Waals surface area contributed by atoms with E-state index in [0.717, 1.165) is 16.3 Å². The van der Waals surface area contributed by atoms with E-state index in [1.54, 1.807) is 6.07 Å². The Morgan fingerprint density at radius 3 is 2.91 bits per heavy atom. The fourth-order valence-electron chi connectivity index (χ4n) is 1.58. The molecule has 1 amide bonds. The number of benzene rings is 1. The number of carbonyl (C=O) groups excluding carboxylic acids is 1. The van der Waals surface area contributed by atoms with Crippen LogP contribution in [-0.4, -0.2) is 23.7 Å². The van der Waals surface area contributed by atoms with Crippen molar-refractivity contribution in [3.05, 3.63) is 56.2 Å². The second-order valence-electron chi connectivity index (χ2n) is 4.45. The van der Waals surface area contributed by atoms with Crippen LogP contribution >= 0.6 is 15.9 Å². The summed E-state index contributed by atoms with van der Waals surface area (Å²) in [5.41, 5.74) is 3.29. The minimum absolute atomic E-state index is 0.152. The molecule has 0 fully saturated rings. The molecule has 0 unspecified atom stereocenters. The first-order valence-electron chi connectivity index (χ1n) is 6.41. The normalized spacial score (nSPS) is 10.7. The van der Waals surface area contributed by atoms with Crippen molar-refractivity contribution < 1.29 is 18.9 Å². The van der Waals surface area contributed by atoms with E-state index in [9.17, 15) is 14.9 Å². The van der Waals surface area contributed by atoms with Crippen LogP contribution in [0.15, 0.2) is 44.3 Å². The van der Waals surface area contributed by atoms with Gasteiger partial charge in [0.2, 0.25) is 0 Å². The molecule has 0 spiro atoms. The second kappa shape index (κ2) is 7.54. The van der Waals surface area contributed by atoms with Gasteiger partial charge in [0.15, 0.2) is 12.4 Å². The third-order valence-electron chi connectivity index (χ3n) is 2.62. The van der Waals surface area contributed by atoms with Crippen LogP contribution < -0.4 is 10.2 Å². The van der Waals surface area contributed by atoms with E-state index >= 15 is 0 Å². The second-order valence-corrected chi connectivity index (χ2v) is 5.30. The van der Waals surface area contributed by atoms with Crippen molar-refractivity contribution in [2.45, 2.75) is 6.92 Å². The van der Waals surface area contributed by atoms with Gasteiger partial charge in [-0.15, -0.1) is 0 Å². The van der Waals surface area contributed by atoms with Crippen LogP contribution in [0.2, 0.25) is 0 Å². The van der Waals surface area contributed by atoms with E-state index in [2.05, 4.69) is 26.5 Å². The van der Waals surface area contributed by atoms with Gasteiger partial charge in [-0.3, -0.25) is 14.9 Å². The first kappa shape index (κ1) is 16.7. The van der Waals surface area contributed by atoms with E-state index in [1.807, 2.05) is 19.1 Å². The standard InChI is InChI=1S/C14H12BrN3O5/c1-9-2-4-12(11(15)6-9)22-8-13(19)17-16-7-10-3-5-14(23-10)18(20)21/h2-7H,8H2,1H3,(H,17,19)/b16-7-. The Labute approximate surface area is 139 Å². The topological polar surface area (TPSA) is 107 Å². The Morgan fingerprint density at radius 1 is 1.48 bits per heavy atom. The Kier molecular flexibility index (Phi) is 5.47. The lowest BCUT2D eigenvalue weighted by atomic mass is 10.2. The zero-order valence-electron chi connectivity index (χ0n) is 12.0. The molecule has 0 radical (unpaired) electrons. The number of hydrazone groups is 1. The molecular formula is C14H12BrN3O5. The van der Waals surface area contributed by atoms with Gasteiger partial charge in [0, 0.05) is 0 Å². The number of hydrogen-bond donors (Lipinski definition) is 1. The van der Waals surface area contributed by atoms with Gasteiger partial charge in [0.1, 0.15) is 10.7 Å². The average molecular weight is 382 g/mol. The minimum atomic E-state index is -0.663. The number of amides is 1. The Morgan fingerprint density at radius 2 is 2.26 bits per heavy atom. The highest BCUT2D eigenvalue weighted by Gasteiger charge is 2.10. The summed E-state index contributed by atoms with van der Waals surface area (Å²) in [6.07, 6.45) is 1.16. The Balaban J connectivity index is 1.82. The largest absolute Gasteiger partial charge is 0.483 e. The van der Waals surface area contributed by atoms with Gasteiger partial charge < -0.3 is 9.15 Å². The van der Waals surface area contributed by atoms with Crippen molar-refractivity contribution in [2.75, 3.05) is 6.61 Å². The first-order chi connectivity index (χ1) is 11.0. The summed E-state index contributed by atoms with van der Waals surface area (Å²) < 4.78 is 10.9. The van der Waals surface area contributed by atoms with E-state index in [4.69, 9.17) is 9.15 Å². The molecule has 0 aliphatic rings. The van der Waals surface area contributed by atoms with Gasteiger partial charge in [-0.1, -0.05) is 6.07 Å². The molecule has 2 aromatic rings. The molecule has 0 saturated heterocycles. The third kappa shape index (κ3) is 4.92. The van der Waals surface area contributed by atoms with Crippen molar-refractivity contribution in [3.63, 3.8) is 0 Å². The van der Waals surface area contributed by atoms with Crippen LogP contribution in [-0.2, 0) is 4.79 Å². The summed E-state index contributed by atoms with van der Waals surface area (Å²) in [5.74, 6) is -0.185. The molecule has 1 N–H and O–H groups in total. The summed E-state index contributed by atoms with van der Waals surface area (Å²) in [7, 11) is 0. The highest BCUT2D eigenvalue weighted by atomic mass is 79.9. The van der Waals surface area contributed by atoms with Crippen molar-refractivity contribution in [2.24, 2.45) is 5.10 Å². The van der Waals surface area contributed by atoms with Crippen LogP contribution in [0.25, 0.3) is 0 Å². The van der Waals surface area contributed by atoms with Crippen molar-refractivity contribution in [3.8, 4) is 5.75 Å². The summed E-state index contributed by atoms with van der Waals surface area (Å²) in [6.45, 7) is 1.71. The monoisotopic (exact) mass is 381 g/mol. The number of ether oxygens (including phenoxy) is 1. The molecule has 120 valence electrons. The first-order valence-corrected chi connectivity index (χ1v) is 7.20. The molecule has 1 heterocycles. The molecule has 0 atom stereocenters. The molecular weight excluding hydrogens is 370 g/mol. The van der Waals surface area contributed by atoms with Crippen LogP contribution in [0.4, 0.5) is 5.88 Å². The average Bonchev–Trinajstić information content (AvgIpc) is 2.95. The number of nitrogens with one attached hydrogen (secondary N) is 1. The third-order valence-corrected chi connectivity index (χ3v) is 3.24. The molecule has 1 aromatic carbocycles. The summed E-state index contributed by atoms with van der Waals surface area (Å²) in [5, 5.41) is 14.1. The number of nitrogens with zero attached hydrogens (tertiary/aromatic N) is 2. The van der Waals surface area contributed by atoms with Crippen molar-refractivity contribution in [1.29, 1.82) is 0 Å². The number of hydrogen-bond acceptors (Lipinski definition) is 6. The number of carbonyl (C=O) groups is 1. The van der Waals surface area contributed by atoms with Crippen molar-refractivity contribution >= 4 is 33.9 Å². The van der Waals surface area contributed by atoms with E-state index in [-0.39, 0.29) is 12.4 Å². The fraction of sp³-hybridized carbons (Fsp3) is 0.143. The molecule has 0 aliphatic heterocycles. The predicted octanol–water partition coefficient (Wildman–Crippen LogP) is 2.79. The highest BCUT2D eigenvalue weighted by molar-refractivity contribution is 9.10. The zero-order valence-corrected chi connectivity index (χ0v) is 13.6. The lowest BCUT2D eigenvalue weighted by Gasteiger charge is -2.07. The fourth-order valence-corrected chi connectivity index (χ4v) is 2.18. The van der Waals surface area contributed by atoms with Crippen molar-refractivity contribution in [1.82, 2.24) is 5.43 Å². The van der Waals surface area contributed by atoms with Gasteiger partial charge >= 0.3 is 5.88 Å². The van der Waals surface area contributed by atoms with Crippen LogP contribution in [0.3, 0.4) is 0 Å². The lowest BCUT2D eigenvalue weighted by molar-refractivity contribution is -0.402. The van der Waals surface area contributed by atoms with Crippen LogP contribution in [0.1, 0.15) is 11.3 Å². The molecule has 8 nitrogen and oxygen atoms in total. The van der Waals surface area contributed by atoms with E-state index in [1.165, 1.54) is 12.1 Å². The highest BCUT2D eigenvalue weighted by Crippen LogP contribution is 2.25. The maximum atomic E-state index is 11.6. The molecule has 2 rings (SSSR count).